The minimum atomic E-state index is -4.85. The summed E-state index contributed by atoms with van der Waals surface area (Å²) in [6, 6.07) is 14.5. The second-order valence-electron chi connectivity index (χ2n) is 9.96. The third-order valence-electron chi connectivity index (χ3n) is 6.63. The number of hydrogen-bond donors (Lipinski definition) is 0. The Bertz CT molecular complexity index is 1150. The highest BCUT2D eigenvalue weighted by atomic mass is 19.4. The average Bonchev–Trinajstić information content (AvgIpc) is 2.95. The monoisotopic (exact) mass is 556 g/mol. The molecule has 216 valence electrons. The van der Waals surface area contributed by atoms with E-state index >= 15 is 0 Å². The van der Waals surface area contributed by atoms with Crippen molar-refractivity contribution in [2.75, 3.05) is 6.61 Å². The maximum absolute atomic E-state index is 13.3. The number of alkyl halides is 3. The fourth-order valence-electron chi connectivity index (χ4n) is 4.29. The highest BCUT2D eigenvalue weighted by Gasteiger charge is 2.47. The molecular formula is C32H39F3N2O3. The van der Waals surface area contributed by atoms with Gasteiger partial charge < -0.3 is 9.47 Å². The summed E-state index contributed by atoms with van der Waals surface area (Å²) >= 11 is 0. The first kappa shape index (κ1) is 31.3. The first-order valence-electron chi connectivity index (χ1n) is 14.2. The smallest absolute Gasteiger partial charge is 0.424 e. The van der Waals surface area contributed by atoms with E-state index in [0.29, 0.717) is 12.2 Å². The van der Waals surface area contributed by atoms with Gasteiger partial charge in [-0.1, -0.05) is 95.2 Å². The lowest BCUT2D eigenvalue weighted by Gasteiger charge is -2.19. The molecule has 0 fully saturated rings. The Labute approximate surface area is 235 Å². The van der Waals surface area contributed by atoms with Crippen LogP contribution in [0.25, 0.3) is 22.5 Å². The summed E-state index contributed by atoms with van der Waals surface area (Å²) < 4.78 is 49.7. The molecule has 0 radical (unpaired) electrons. The Balaban J connectivity index is 1.55. The Kier molecular flexibility index (Phi) is 12.6. The van der Waals surface area contributed by atoms with Gasteiger partial charge in [-0.05, 0) is 42.5 Å². The van der Waals surface area contributed by atoms with Crippen LogP contribution in [-0.4, -0.2) is 34.8 Å². The molecule has 1 atom stereocenters. The molecule has 1 heterocycles. The molecule has 0 aliphatic rings. The summed E-state index contributed by atoms with van der Waals surface area (Å²) in [6.07, 6.45) is 6.63. The van der Waals surface area contributed by atoms with Crippen molar-refractivity contribution >= 4 is 5.97 Å². The number of unbranched alkanes of at least 4 members (excludes halogenated alkanes) is 7. The highest BCUT2D eigenvalue weighted by molar-refractivity contribution is 5.78. The van der Waals surface area contributed by atoms with Gasteiger partial charge >= 0.3 is 12.1 Å². The zero-order valence-electron chi connectivity index (χ0n) is 23.4. The Morgan fingerprint density at radius 1 is 0.750 bits per heavy atom. The van der Waals surface area contributed by atoms with Gasteiger partial charge in [-0.15, -0.1) is 0 Å². The molecule has 5 nitrogen and oxygen atoms in total. The molecule has 3 rings (SSSR count). The predicted octanol–water partition coefficient (Wildman–Crippen LogP) is 8.76. The number of aromatic nitrogens is 2. The Hall–Kier alpha value is -3.26. The van der Waals surface area contributed by atoms with Crippen LogP contribution in [0.15, 0.2) is 60.9 Å². The number of hydrogen-bond acceptors (Lipinski definition) is 5. The summed E-state index contributed by atoms with van der Waals surface area (Å²) in [5, 5.41) is 0. The largest absolute Gasteiger partial charge is 0.425 e. The number of rotatable bonds is 16. The first-order valence-corrected chi connectivity index (χ1v) is 14.2. The number of halogens is 3. The van der Waals surface area contributed by atoms with Crippen molar-refractivity contribution in [2.45, 2.75) is 90.3 Å². The molecule has 2 aromatic carbocycles. The minimum Gasteiger partial charge on any atom is -0.424 e. The van der Waals surface area contributed by atoms with Crippen molar-refractivity contribution in [2.24, 2.45) is 0 Å². The quantitative estimate of drug-likeness (QED) is 0.100. The van der Waals surface area contributed by atoms with E-state index in [4.69, 9.17) is 9.47 Å². The molecule has 0 aliphatic carbocycles. The zero-order valence-corrected chi connectivity index (χ0v) is 23.4. The van der Waals surface area contributed by atoms with E-state index in [0.717, 1.165) is 36.0 Å². The third kappa shape index (κ3) is 10.0. The molecule has 0 saturated carbocycles. The summed E-state index contributed by atoms with van der Waals surface area (Å²) in [5.41, 5.74) is 3.70. The van der Waals surface area contributed by atoms with Gasteiger partial charge in [0.2, 0.25) is 0 Å². The van der Waals surface area contributed by atoms with E-state index in [2.05, 4.69) is 29.0 Å². The number of benzene rings is 2. The number of aryl methyl sites for hydroxylation is 1. The van der Waals surface area contributed by atoms with E-state index in [1.807, 2.05) is 19.1 Å². The lowest BCUT2D eigenvalue weighted by atomic mass is 10.0. The number of esters is 1. The highest BCUT2D eigenvalue weighted by Crippen LogP contribution is 2.27. The lowest BCUT2D eigenvalue weighted by Crippen LogP contribution is -2.42. The van der Waals surface area contributed by atoms with Crippen molar-refractivity contribution < 1.29 is 27.4 Å². The molecule has 40 heavy (non-hydrogen) atoms. The van der Waals surface area contributed by atoms with E-state index < -0.39 is 18.2 Å². The van der Waals surface area contributed by atoms with Crippen LogP contribution in [0.3, 0.4) is 0 Å². The number of ether oxygens (including phenoxy) is 2. The van der Waals surface area contributed by atoms with Crippen LogP contribution >= 0.6 is 0 Å². The van der Waals surface area contributed by atoms with Gasteiger partial charge in [0.1, 0.15) is 5.75 Å². The minimum absolute atomic E-state index is 0.00116. The molecular weight excluding hydrogens is 517 g/mol. The Morgan fingerprint density at radius 3 is 1.95 bits per heavy atom. The molecule has 0 bridgehead atoms. The summed E-state index contributed by atoms with van der Waals surface area (Å²) in [4.78, 5) is 21.2. The molecule has 0 N–H and O–H groups in total. The second kappa shape index (κ2) is 16.1. The van der Waals surface area contributed by atoms with E-state index in [1.54, 1.807) is 24.5 Å². The lowest BCUT2D eigenvalue weighted by molar-refractivity contribution is -0.225. The van der Waals surface area contributed by atoms with Crippen LogP contribution < -0.4 is 4.74 Å². The molecule has 8 heteroatoms. The van der Waals surface area contributed by atoms with Gasteiger partial charge in [-0.25, -0.2) is 14.8 Å². The molecule has 0 saturated heterocycles. The number of carbonyl (C=O) groups is 1. The average molecular weight is 557 g/mol. The topological polar surface area (TPSA) is 61.3 Å². The van der Waals surface area contributed by atoms with E-state index in [-0.39, 0.29) is 12.4 Å². The summed E-state index contributed by atoms with van der Waals surface area (Å²) in [6.45, 7) is 3.99. The fourth-order valence-corrected chi connectivity index (χ4v) is 4.29. The van der Waals surface area contributed by atoms with Crippen molar-refractivity contribution in [3.8, 4) is 28.3 Å². The SMILES string of the molecule is CCCCCCCCc1ccc(-c2ncc(-c3ccc(OC(=O)C(OCCCCC)C(F)(F)F)cc3)cn2)cc1. The van der Waals surface area contributed by atoms with E-state index in [1.165, 1.54) is 56.2 Å². The van der Waals surface area contributed by atoms with Crippen molar-refractivity contribution in [1.82, 2.24) is 9.97 Å². The van der Waals surface area contributed by atoms with Crippen LogP contribution in [0.2, 0.25) is 0 Å². The van der Waals surface area contributed by atoms with Crippen molar-refractivity contribution in [3.05, 3.63) is 66.5 Å². The van der Waals surface area contributed by atoms with Gasteiger partial charge in [0, 0.05) is 30.1 Å². The van der Waals surface area contributed by atoms with Crippen molar-refractivity contribution in [3.63, 3.8) is 0 Å². The maximum Gasteiger partial charge on any atom is 0.425 e. The summed E-state index contributed by atoms with van der Waals surface area (Å²) in [5.74, 6) is -0.876. The van der Waals surface area contributed by atoms with Gasteiger partial charge in [-0.2, -0.15) is 13.2 Å². The molecule has 0 amide bonds. The fraction of sp³-hybridized carbons (Fsp3) is 0.469. The Morgan fingerprint density at radius 2 is 1.32 bits per heavy atom. The molecule has 1 unspecified atom stereocenters. The van der Waals surface area contributed by atoms with Crippen LogP contribution in [0.1, 0.15) is 77.2 Å². The van der Waals surface area contributed by atoms with Crippen LogP contribution in [-0.2, 0) is 16.0 Å². The molecule has 0 spiro atoms. The van der Waals surface area contributed by atoms with Gasteiger partial charge in [0.15, 0.2) is 5.82 Å². The first-order chi connectivity index (χ1) is 19.3. The van der Waals surface area contributed by atoms with Crippen LogP contribution in [0.4, 0.5) is 13.2 Å². The molecule has 1 aromatic heterocycles. The number of carbonyl (C=O) groups excluding carboxylic acids is 1. The van der Waals surface area contributed by atoms with Gasteiger partial charge in [0.05, 0.1) is 0 Å². The van der Waals surface area contributed by atoms with Crippen LogP contribution in [0.5, 0.6) is 5.75 Å². The van der Waals surface area contributed by atoms with Crippen molar-refractivity contribution in [1.29, 1.82) is 0 Å². The normalized spacial score (nSPS) is 12.3. The molecule has 3 aromatic rings. The third-order valence-corrected chi connectivity index (χ3v) is 6.63. The number of nitrogens with zero attached hydrogens (tertiary/aromatic N) is 2. The second-order valence-corrected chi connectivity index (χ2v) is 9.96. The van der Waals surface area contributed by atoms with Gasteiger partial charge in [0.25, 0.3) is 6.10 Å². The molecule has 0 aliphatic heterocycles. The maximum atomic E-state index is 13.3. The van der Waals surface area contributed by atoms with Crippen LogP contribution in [0, 0.1) is 0 Å². The van der Waals surface area contributed by atoms with E-state index in [9.17, 15) is 18.0 Å². The predicted molar refractivity (Wildman–Crippen MR) is 151 cm³/mol. The van der Waals surface area contributed by atoms with Gasteiger partial charge in [-0.3, -0.25) is 0 Å². The summed E-state index contributed by atoms with van der Waals surface area (Å²) in [7, 11) is 0. The standard InChI is InChI=1S/C32H39F3N2O3/c1-3-5-7-8-9-10-12-24-13-15-26(16-14-24)30-36-22-27(23-37-30)25-17-19-28(20-18-25)40-31(38)29(32(33,34)35)39-21-11-6-4-2/h13-20,22-23,29H,3-12,21H2,1-2H3. The zero-order chi connectivity index (χ0) is 28.8.